The molecule has 0 aliphatic carbocycles. The van der Waals surface area contributed by atoms with Crippen LogP contribution in [0.5, 0.6) is 11.5 Å². The van der Waals surface area contributed by atoms with Crippen molar-refractivity contribution in [2.75, 3.05) is 30.9 Å². The molecule has 1 aliphatic heterocycles. The molecule has 1 aliphatic rings. The number of hydrogen-bond donors (Lipinski definition) is 3. The number of ether oxygens (including phenoxy) is 2. The molecular weight excluding hydrogens is 394 g/mol. The molecule has 0 radical (unpaired) electrons. The normalized spacial score (nSPS) is 15.6. The predicted molar refractivity (Wildman–Crippen MR) is 115 cm³/mol. The summed E-state index contributed by atoms with van der Waals surface area (Å²) in [5.74, 6) is 0.712. The van der Waals surface area contributed by atoms with E-state index in [4.69, 9.17) is 9.47 Å². The van der Waals surface area contributed by atoms with Gasteiger partial charge in [-0.05, 0) is 49.7 Å². The number of hydrogen-bond acceptors (Lipinski definition) is 5. The van der Waals surface area contributed by atoms with Crippen molar-refractivity contribution in [3.63, 3.8) is 0 Å². The van der Waals surface area contributed by atoms with Crippen LogP contribution in [0.2, 0.25) is 0 Å². The highest BCUT2D eigenvalue weighted by Gasteiger charge is 2.20. The number of methoxy groups -OCH3 is 1. The number of carbonyl (C=O) groups is 2. The van der Waals surface area contributed by atoms with Gasteiger partial charge < -0.3 is 25.4 Å². The van der Waals surface area contributed by atoms with Crippen molar-refractivity contribution < 1.29 is 19.1 Å². The number of anilines is 2. The number of piperidine rings is 1. The summed E-state index contributed by atoms with van der Waals surface area (Å²) in [5, 5.41) is 8.89. The molecule has 0 aromatic heterocycles. The largest absolute Gasteiger partial charge is 0.493 e. The highest BCUT2D eigenvalue weighted by molar-refractivity contribution is 5.96. The van der Waals surface area contributed by atoms with Gasteiger partial charge in [-0.2, -0.15) is 0 Å². The Morgan fingerprint density at radius 3 is 2.45 bits per heavy atom. The van der Waals surface area contributed by atoms with Crippen LogP contribution in [0.3, 0.4) is 0 Å². The molecule has 0 saturated carbocycles. The summed E-state index contributed by atoms with van der Waals surface area (Å²) in [7, 11) is 1.55. The van der Waals surface area contributed by atoms with E-state index in [1.807, 2.05) is 12.1 Å². The third-order valence-electron chi connectivity index (χ3n) is 4.47. The number of benzene rings is 2. The summed E-state index contributed by atoms with van der Waals surface area (Å²) in [6.45, 7) is 0.712. The Kier molecular flexibility index (Phi) is 8.76. The average molecular weight is 420 g/mol. The molecule has 3 rings (SSSR count). The van der Waals surface area contributed by atoms with E-state index in [2.05, 4.69) is 16.0 Å². The minimum absolute atomic E-state index is 0. The zero-order chi connectivity index (χ0) is 19.8. The average Bonchev–Trinajstić information content (AvgIpc) is 2.73. The number of halogens is 1. The van der Waals surface area contributed by atoms with Crippen molar-refractivity contribution in [1.82, 2.24) is 5.32 Å². The van der Waals surface area contributed by atoms with E-state index >= 15 is 0 Å². The number of nitrogens with one attached hydrogen (secondary N) is 3. The van der Waals surface area contributed by atoms with E-state index in [1.54, 1.807) is 43.5 Å². The SMILES string of the molecule is COc1ccccc1OCC(=O)Nc1cccc(NC(=O)C2CCCCN2)c1.Cl. The maximum atomic E-state index is 12.3. The van der Waals surface area contributed by atoms with E-state index < -0.39 is 0 Å². The van der Waals surface area contributed by atoms with Crippen LogP contribution < -0.4 is 25.4 Å². The second-order valence-corrected chi connectivity index (χ2v) is 6.56. The van der Waals surface area contributed by atoms with E-state index in [1.165, 1.54) is 0 Å². The van der Waals surface area contributed by atoms with E-state index in [0.717, 1.165) is 25.8 Å². The standard InChI is InChI=1S/C21H25N3O4.ClH/c1-27-18-10-2-3-11-19(18)28-14-20(25)23-15-7-6-8-16(13-15)24-21(26)17-9-4-5-12-22-17;/h2-3,6-8,10-11,13,17,22H,4-5,9,12,14H2,1H3,(H,23,25)(H,24,26);1H. The zero-order valence-electron chi connectivity index (χ0n) is 16.3. The van der Waals surface area contributed by atoms with Crippen LogP contribution in [0.15, 0.2) is 48.5 Å². The van der Waals surface area contributed by atoms with Gasteiger partial charge in [-0.15, -0.1) is 12.4 Å². The van der Waals surface area contributed by atoms with Crippen molar-refractivity contribution in [2.45, 2.75) is 25.3 Å². The second kappa shape index (κ2) is 11.3. The van der Waals surface area contributed by atoms with Crippen LogP contribution in [-0.4, -0.2) is 38.1 Å². The summed E-state index contributed by atoms with van der Waals surface area (Å²) in [5.41, 5.74) is 1.23. The Labute approximate surface area is 176 Å². The molecule has 1 fully saturated rings. The van der Waals surface area contributed by atoms with Crippen LogP contribution in [-0.2, 0) is 9.59 Å². The fourth-order valence-corrected chi connectivity index (χ4v) is 3.06. The van der Waals surface area contributed by atoms with Crippen molar-refractivity contribution in [1.29, 1.82) is 0 Å². The number of amides is 2. The molecule has 0 spiro atoms. The summed E-state index contributed by atoms with van der Waals surface area (Å²) >= 11 is 0. The highest BCUT2D eigenvalue weighted by atomic mass is 35.5. The summed E-state index contributed by atoms with van der Waals surface area (Å²) in [4.78, 5) is 24.5. The van der Waals surface area contributed by atoms with Gasteiger partial charge in [0.25, 0.3) is 5.91 Å². The molecule has 2 amide bonds. The minimum atomic E-state index is -0.302. The molecule has 8 heteroatoms. The Balaban J connectivity index is 0.00000300. The maximum absolute atomic E-state index is 12.3. The van der Waals surface area contributed by atoms with Crippen LogP contribution >= 0.6 is 12.4 Å². The number of para-hydroxylation sites is 2. The van der Waals surface area contributed by atoms with Gasteiger partial charge in [-0.3, -0.25) is 9.59 Å². The molecule has 1 atom stereocenters. The Bertz CT molecular complexity index is 825. The van der Waals surface area contributed by atoms with Crippen molar-refractivity contribution in [3.05, 3.63) is 48.5 Å². The van der Waals surface area contributed by atoms with Gasteiger partial charge in [-0.1, -0.05) is 24.6 Å². The number of rotatable bonds is 7. The van der Waals surface area contributed by atoms with Gasteiger partial charge in [0.15, 0.2) is 18.1 Å². The lowest BCUT2D eigenvalue weighted by atomic mass is 10.0. The van der Waals surface area contributed by atoms with Gasteiger partial charge in [0, 0.05) is 11.4 Å². The third-order valence-corrected chi connectivity index (χ3v) is 4.47. The molecule has 0 bridgehead atoms. The van der Waals surface area contributed by atoms with Crippen LogP contribution in [0.1, 0.15) is 19.3 Å². The molecule has 3 N–H and O–H groups in total. The first-order valence-corrected chi connectivity index (χ1v) is 9.35. The minimum Gasteiger partial charge on any atom is -0.493 e. The van der Waals surface area contributed by atoms with Crippen LogP contribution in [0, 0.1) is 0 Å². The topological polar surface area (TPSA) is 88.7 Å². The first kappa shape index (κ1) is 22.5. The van der Waals surface area contributed by atoms with Crippen molar-refractivity contribution in [2.24, 2.45) is 0 Å². The van der Waals surface area contributed by atoms with E-state index in [0.29, 0.717) is 22.9 Å². The van der Waals surface area contributed by atoms with Gasteiger partial charge in [0.1, 0.15) is 0 Å². The van der Waals surface area contributed by atoms with Gasteiger partial charge >= 0.3 is 0 Å². The fraction of sp³-hybridized carbons (Fsp3) is 0.333. The van der Waals surface area contributed by atoms with Gasteiger partial charge in [-0.25, -0.2) is 0 Å². The zero-order valence-corrected chi connectivity index (χ0v) is 17.1. The highest BCUT2D eigenvalue weighted by Crippen LogP contribution is 2.25. The second-order valence-electron chi connectivity index (χ2n) is 6.56. The number of carbonyl (C=O) groups excluding carboxylic acids is 2. The molecule has 2 aromatic carbocycles. The smallest absolute Gasteiger partial charge is 0.262 e. The Morgan fingerprint density at radius 1 is 1.03 bits per heavy atom. The van der Waals surface area contributed by atoms with E-state index in [9.17, 15) is 9.59 Å². The molecule has 7 nitrogen and oxygen atoms in total. The summed E-state index contributed by atoms with van der Waals surface area (Å²) in [6, 6.07) is 14.0. The van der Waals surface area contributed by atoms with Crippen LogP contribution in [0.25, 0.3) is 0 Å². The third kappa shape index (κ3) is 6.66. The van der Waals surface area contributed by atoms with Gasteiger partial charge in [0.05, 0.1) is 13.2 Å². The lowest BCUT2D eigenvalue weighted by molar-refractivity contribution is -0.119. The van der Waals surface area contributed by atoms with E-state index in [-0.39, 0.29) is 36.9 Å². The molecule has 29 heavy (non-hydrogen) atoms. The van der Waals surface area contributed by atoms with Crippen LogP contribution in [0.4, 0.5) is 11.4 Å². The van der Waals surface area contributed by atoms with Gasteiger partial charge in [0.2, 0.25) is 5.91 Å². The molecule has 1 unspecified atom stereocenters. The van der Waals surface area contributed by atoms with Crippen molar-refractivity contribution >= 4 is 35.6 Å². The maximum Gasteiger partial charge on any atom is 0.262 e. The lowest BCUT2D eigenvalue weighted by Gasteiger charge is -2.22. The first-order valence-electron chi connectivity index (χ1n) is 9.35. The predicted octanol–water partition coefficient (Wildman–Crippen LogP) is 3.22. The Hall–Kier alpha value is -2.77. The fourth-order valence-electron chi connectivity index (χ4n) is 3.06. The monoisotopic (exact) mass is 419 g/mol. The summed E-state index contributed by atoms with van der Waals surface area (Å²) in [6.07, 6.45) is 2.98. The molecular formula is C21H26ClN3O4. The molecule has 1 heterocycles. The molecule has 2 aromatic rings. The lowest BCUT2D eigenvalue weighted by Crippen LogP contribution is -2.43. The quantitative estimate of drug-likeness (QED) is 0.641. The first-order chi connectivity index (χ1) is 13.7. The molecule has 1 saturated heterocycles. The molecule has 156 valence electrons. The Morgan fingerprint density at radius 2 is 1.76 bits per heavy atom. The summed E-state index contributed by atoms with van der Waals surface area (Å²) < 4.78 is 10.7. The van der Waals surface area contributed by atoms with Crippen molar-refractivity contribution in [3.8, 4) is 11.5 Å².